The molecule has 0 aliphatic carbocycles. The van der Waals surface area contributed by atoms with Crippen molar-refractivity contribution in [3.05, 3.63) is 42.0 Å². The van der Waals surface area contributed by atoms with Gasteiger partial charge in [0.15, 0.2) is 0 Å². The first-order chi connectivity index (χ1) is 6.38. The molecule has 0 aromatic heterocycles. The molecule has 1 nitrogen and oxygen atoms in total. The largest absolute Gasteiger partial charge is 0.381 e. The Labute approximate surface area is 84.4 Å². The summed E-state index contributed by atoms with van der Waals surface area (Å²) in [6.07, 6.45) is 4.10. The van der Waals surface area contributed by atoms with Crippen molar-refractivity contribution >= 4 is 17.3 Å². The van der Waals surface area contributed by atoms with Gasteiger partial charge in [-0.2, -0.15) is 0 Å². The normalized spacial score (nSPS) is 10.6. The van der Waals surface area contributed by atoms with Crippen LogP contribution in [0.15, 0.2) is 36.4 Å². The molecule has 0 bridgehead atoms. The SMILES string of the molecule is C/C=C/CNc1ccccc1CCl. The zero-order valence-electron chi connectivity index (χ0n) is 7.76. The molecule has 0 aliphatic heterocycles. The van der Waals surface area contributed by atoms with E-state index in [0.29, 0.717) is 5.88 Å². The van der Waals surface area contributed by atoms with E-state index in [9.17, 15) is 0 Å². The lowest BCUT2D eigenvalue weighted by Crippen LogP contribution is -2.00. The smallest absolute Gasteiger partial charge is 0.0494 e. The Morgan fingerprint density at radius 3 is 2.85 bits per heavy atom. The van der Waals surface area contributed by atoms with Crippen LogP contribution in [0, 0.1) is 0 Å². The molecule has 70 valence electrons. The van der Waals surface area contributed by atoms with Crippen LogP contribution in [0.4, 0.5) is 5.69 Å². The summed E-state index contributed by atoms with van der Waals surface area (Å²) >= 11 is 5.79. The highest BCUT2D eigenvalue weighted by Crippen LogP contribution is 2.16. The lowest BCUT2D eigenvalue weighted by Gasteiger charge is -2.07. The second-order valence-electron chi connectivity index (χ2n) is 2.74. The number of hydrogen-bond donors (Lipinski definition) is 1. The van der Waals surface area contributed by atoms with Gasteiger partial charge in [-0.1, -0.05) is 30.4 Å². The van der Waals surface area contributed by atoms with Crippen molar-refractivity contribution in [2.24, 2.45) is 0 Å². The van der Waals surface area contributed by atoms with Gasteiger partial charge in [-0.05, 0) is 18.6 Å². The fraction of sp³-hybridized carbons (Fsp3) is 0.273. The molecule has 0 heterocycles. The van der Waals surface area contributed by atoms with Gasteiger partial charge in [0.05, 0.1) is 0 Å². The van der Waals surface area contributed by atoms with E-state index in [-0.39, 0.29) is 0 Å². The number of rotatable bonds is 4. The summed E-state index contributed by atoms with van der Waals surface area (Å²) in [5, 5.41) is 3.29. The van der Waals surface area contributed by atoms with Crippen molar-refractivity contribution in [1.82, 2.24) is 0 Å². The first kappa shape index (κ1) is 10.1. The summed E-state index contributed by atoms with van der Waals surface area (Å²) < 4.78 is 0. The van der Waals surface area contributed by atoms with Crippen LogP contribution >= 0.6 is 11.6 Å². The molecule has 13 heavy (non-hydrogen) atoms. The molecule has 0 saturated heterocycles. The third-order valence-corrected chi connectivity index (χ3v) is 2.10. The van der Waals surface area contributed by atoms with Crippen LogP contribution < -0.4 is 5.32 Å². The second-order valence-corrected chi connectivity index (χ2v) is 3.01. The maximum absolute atomic E-state index is 5.79. The lowest BCUT2D eigenvalue weighted by molar-refractivity contribution is 1.28. The molecule has 0 aliphatic rings. The van der Waals surface area contributed by atoms with Crippen molar-refractivity contribution < 1.29 is 0 Å². The number of nitrogens with one attached hydrogen (secondary N) is 1. The molecular formula is C11H14ClN. The quantitative estimate of drug-likeness (QED) is 0.574. The van der Waals surface area contributed by atoms with Crippen LogP contribution in [0.25, 0.3) is 0 Å². The van der Waals surface area contributed by atoms with Crippen LogP contribution in [-0.2, 0) is 5.88 Å². The molecule has 0 atom stereocenters. The van der Waals surface area contributed by atoms with Gasteiger partial charge in [0.1, 0.15) is 0 Å². The predicted molar refractivity (Wildman–Crippen MR) is 59.3 cm³/mol. The minimum Gasteiger partial charge on any atom is -0.381 e. The second kappa shape index (κ2) is 5.65. The first-order valence-corrected chi connectivity index (χ1v) is 4.91. The average Bonchev–Trinajstić information content (AvgIpc) is 2.19. The Morgan fingerprint density at radius 2 is 2.15 bits per heavy atom. The van der Waals surface area contributed by atoms with Crippen LogP contribution in [0.2, 0.25) is 0 Å². The highest BCUT2D eigenvalue weighted by molar-refractivity contribution is 6.17. The predicted octanol–water partition coefficient (Wildman–Crippen LogP) is 3.41. The van der Waals surface area contributed by atoms with Crippen molar-refractivity contribution in [2.45, 2.75) is 12.8 Å². The molecule has 0 saturated carbocycles. The minimum atomic E-state index is 0.555. The number of hydrogen-bond acceptors (Lipinski definition) is 1. The van der Waals surface area contributed by atoms with E-state index in [1.54, 1.807) is 0 Å². The highest BCUT2D eigenvalue weighted by atomic mass is 35.5. The number of benzene rings is 1. The van der Waals surface area contributed by atoms with Crippen molar-refractivity contribution in [1.29, 1.82) is 0 Å². The highest BCUT2D eigenvalue weighted by Gasteiger charge is 1.96. The van der Waals surface area contributed by atoms with Gasteiger partial charge in [-0.3, -0.25) is 0 Å². The number of alkyl halides is 1. The van der Waals surface area contributed by atoms with Gasteiger partial charge in [0.2, 0.25) is 0 Å². The fourth-order valence-corrected chi connectivity index (χ4v) is 1.33. The number of anilines is 1. The summed E-state index contributed by atoms with van der Waals surface area (Å²) in [5.41, 5.74) is 2.27. The third kappa shape index (κ3) is 3.11. The van der Waals surface area contributed by atoms with Gasteiger partial charge in [-0.25, -0.2) is 0 Å². The summed E-state index contributed by atoms with van der Waals surface area (Å²) in [5.74, 6) is 0.555. The third-order valence-electron chi connectivity index (χ3n) is 1.81. The Kier molecular flexibility index (Phi) is 4.41. The Hall–Kier alpha value is -0.950. The van der Waals surface area contributed by atoms with E-state index in [1.807, 2.05) is 37.3 Å². The average molecular weight is 196 g/mol. The molecule has 0 spiro atoms. The number of para-hydroxylation sites is 1. The van der Waals surface area contributed by atoms with E-state index < -0.39 is 0 Å². The van der Waals surface area contributed by atoms with Crippen LogP contribution in [-0.4, -0.2) is 6.54 Å². The first-order valence-electron chi connectivity index (χ1n) is 4.37. The van der Waals surface area contributed by atoms with E-state index in [1.165, 1.54) is 0 Å². The van der Waals surface area contributed by atoms with E-state index >= 15 is 0 Å². The summed E-state index contributed by atoms with van der Waals surface area (Å²) in [6, 6.07) is 8.08. The van der Waals surface area contributed by atoms with Crippen LogP contribution in [0.1, 0.15) is 12.5 Å². The van der Waals surface area contributed by atoms with Crippen molar-refractivity contribution in [2.75, 3.05) is 11.9 Å². The molecule has 0 amide bonds. The Bertz CT molecular complexity index is 281. The van der Waals surface area contributed by atoms with Gasteiger partial charge in [0, 0.05) is 18.1 Å². The summed E-state index contributed by atoms with van der Waals surface area (Å²) in [7, 11) is 0. The standard InChI is InChI=1S/C11H14ClN/c1-2-3-8-13-11-7-5-4-6-10(11)9-12/h2-7,13H,8-9H2,1H3/b3-2+. The Balaban J connectivity index is 2.64. The molecule has 0 radical (unpaired) electrons. The maximum Gasteiger partial charge on any atom is 0.0494 e. The zero-order valence-corrected chi connectivity index (χ0v) is 8.51. The molecule has 1 aromatic rings. The van der Waals surface area contributed by atoms with Crippen LogP contribution in [0.5, 0.6) is 0 Å². The van der Waals surface area contributed by atoms with E-state index in [0.717, 1.165) is 17.8 Å². The monoisotopic (exact) mass is 195 g/mol. The molecule has 0 unspecified atom stereocenters. The molecular weight excluding hydrogens is 182 g/mol. The van der Waals surface area contributed by atoms with Gasteiger partial charge < -0.3 is 5.32 Å². The Morgan fingerprint density at radius 1 is 1.38 bits per heavy atom. The van der Waals surface area contributed by atoms with Crippen LogP contribution in [0.3, 0.4) is 0 Å². The molecule has 1 aromatic carbocycles. The lowest BCUT2D eigenvalue weighted by atomic mass is 10.2. The number of halogens is 1. The maximum atomic E-state index is 5.79. The van der Waals surface area contributed by atoms with Crippen molar-refractivity contribution in [3.8, 4) is 0 Å². The zero-order chi connectivity index (χ0) is 9.52. The number of allylic oxidation sites excluding steroid dienone is 1. The van der Waals surface area contributed by atoms with Gasteiger partial charge in [0.25, 0.3) is 0 Å². The minimum absolute atomic E-state index is 0.555. The topological polar surface area (TPSA) is 12.0 Å². The molecule has 1 rings (SSSR count). The summed E-state index contributed by atoms with van der Waals surface area (Å²) in [6.45, 7) is 2.86. The molecule has 2 heteroatoms. The van der Waals surface area contributed by atoms with E-state index in [4.69, 9.17) is 11.6 Å². The van der Waals surface area contributed by atoms with E-state index in [2.05, 4.69) is 11.4 Å². The fourth-order valence-electron chi connectivity index (χ4n) is 1.10. The van der Waals surface area contributed by atoms with Gasteiger partial charge in [-0.15, -0.1) is 11.6 Å². The van der Waals surface area contributed by atoms with Gasteiger partial charge >= 0.3 is 0 Å². The molecule has 1 N–H and O–H groups in total. The van der Waals surface area contributed by atoms with Crippen molar-refractivity contribution in [3.63, 3.8) is 0 Å². The summed E-state index contributed by atoms with van der Waals surface area (Å²) in [4.78, 5) is 0. The molecule has 0 fully saturated rings.